The highest BCUT2D eigenvalue weighted by Crippen LogP contribution is 2.55. The molecule has 5 aliphatic rings. The van der Waals surface area contributed by atoms with Crippen molar-refractivity contribution < 1.29 is 19.1 Å². The molecule has 2 amide bonds. The molecule has 2 heterocycles. The number of nitrogens with one attached hydrogen (secondary N) is 2. The van der Waals surface area contributed by atoms with E-state index in [2.05, 4.69) is 27.4 Å². The second kappa shape index (κ2) is 9.52. The number of piperazine rings is 1. The maximum Gasteiger partial charge on any atom is 0.270 e. The molecule has 3 N–H and O–H groups in total. The lowest BCUT2D eigenvalue weighted by Gasteiger charge is -2.58. The number of carbonyl (C=O) groups excluding carboxylic acids is 2. The Bertz CT molecular complexity index is 1240. The first-order valence-electron chi connectivity index (χ1n) is 13.8. The van der Waals surface area contributed by atoms with Crippen LogP contribution in [0.2, 0.25) is 0 Å². The summed E-state index contributed by atoms with van der Waals surface area (Å²) in [5.41, 5.74) is 0.733. The van der Waals surface area contributed by atoms with Gasteiger partial charge in [-0.15, -0.1) is 0 Å². The normalized spacial score (nSPS) is 31.8. The molecule has 2 unspecified atom stereocenters. The maximum absolute atomic E-state index is 14.1. The Labute approximate surface area is 222 Å². The van der Waals surface area contributed by atoms with Crippen molar-refractivity contribution in [3.8, 4) is 0 Å². The summed E-state index contributed by atoms with van der Waals surface area (Å²) in [6.45, 7) is 4.13. The van der Waals surface area contributed by atoms with Crippen molar-refractivity contribution in [1.29, 1.82) is 0 Å². The molecule has 0 spiro atoms. The fraction of sp³-hybridized carbons (Fsp3) is 0.552. The van der Waals surface area contributed by atoms with Gasteiger partial charge in [0, 0.05) is 44.5 Å². The van der Waals surface area contributed by atoms with Crippen LogP contribution in [0.25, 0.3) is 0 Å². The molecule has 2 aromatic rings. The van der Waals surface area contributed by atoms with Gasteiger partial charge < -0.3 is 25.5 Å². The molecule has 1 aromatic carbocycles. The van der Waals surface area contributed by atoms with E-state index in [4.69, 9.17) is 4.98 Å². The molecule has 1 aromatic heterocycles. The van der Waals surface area contributed by atoms with Gasteiger partial charge in [0.05, 0.1) is 11.2 Å². The zero-order valence-corrected chi connectivity index (χ0v) is 22.0. The van der Waals surface area contributed by atoms with Gasteiger partial charge >= 0.3 is 0 Å². The number of rotatable bonds is 5. The molecular weight excluding hydrogens is 485 g/mol. The summed E-state index contributed by atoms with van der Waals surface area (Å²) < 4.78 is 14.1. The molecule has 9 heteroatoms. The Kier molecular flexibility index (Phi) is 6.29. The zero-order valence-electron chi connectivity index (χ0n) is 22.0. The summed E-state index contributed by atoms with van der Waals surface area (Å²) in [6, 6.07) is 10.4. The molecule has 4 saturated carbocycles. The third kappa shape index (κ3) is 4.51. The molecule has 0 radical (unpaired) electrons. The van der Waals surface area contributed by atoms with Crippen LogP contribution in [0.1, 0.15) is 59.9 Å². The lowest BCUT2D eigenvalue weighted by atomic mass is 9.52. The van der Waals surface area contributed by atoms with Gasteiger partial charge in [-0.05, 0) is 87.1 Å². The molecule has 3 atom stereocenters. The summed E-state index contributed by atoms with van der Waals surface area (Å²) in [5.74, 6) is 0.926. The topological polar surface area (TPSA) is 97.8 Å². The minimum atomic E-state index is -0.538. The number of nitrogens with zero attached hydrogens (tertiary/aromatic N) is 3. The van der Waals surface area contributed by atoms with Crippen molar-refractivity contribution in [2.75, 3.05) is 36.5 Å². The first-order valence-corrected chi connectivity index (χ1v) is 13.8. The first kappa shape index (κ1) is 25.1. The Morgan fingerprint density at radius 3 is 2.53 bits per heavy atom. The zero-order chi connectivity index (χ0) is 26.6. The fourth-order valence-electron chi connectivity index (χ4n) is 7.70. The van der Waals surface area contributed by atoms with Crippen LogP contribution in [0.15, 0.2) is 36.4 Å². The van der Waals surface area contributed by atoms with E-state index in [0.717, 1.165) is 43.6 Å². The van der Waals surface area contributed by atoms with Gasteiger partial charge in [0.25, 0.3) is 11.8 Å². The van der Waals surface area contributed by atoms with Crippen molar-refractivity contribution >= 4 is 23.3 Å². The second-order valence-electron chi connectivity index (χ2n) is 11.8. The maximum atomic E-state index is 14.1. The van der Waals surface area contributed by atoms with Crippen LogP contribution in [0, 0.1) is 23.6 Å². The molecule has 38 heavy (non-hydrogen) atoms. The monoisotopic (exact) mass is 521 g/mol. The van der Waals surface area contributed by atoms with Gasteiger partial charge in [-0.1, -0.05) is 6.07 Å². The van der Waals surface area contributed by atoms with Crippen LogP contribution in [0.4, 0.5) is 15.9 Å². The van der Waals surface area contributed by atoms with Crippen molar-refractivity contribution in [3.63, 3.8) is 0 Å². The highest BCUT2D eigenvalue weighted by Gasteiger charge is 2.55. The third-order valence-corrected chi connectivity index (χ3v) is 9.21. The average Bonchev–Trinajstić information content (AvgIpc) is 2.89. The number of aliphatic hydroxyl groups is 1. The van der Waals surface area contributed by atoms with Crippen molar-refractivity contribution in [2.45, 2.75) is 56.7 Å². The number of hydrogen-bond donors (Lipinski definition) is 3. The summed E-state index contributed by atoms with van der Waals surface area (Å²) in [6.07, 6.45) is 4.69. The van der Waals surface area contributed by atoms with Crippen molar-refractivity contribution in [1.82, 2.24) is 15.6 Å². The lowest BCUT2D eigenvalue weighted by Crippen LogP contribution is -2.61. The Hall–Kier alpha value is -3.20. The van der Waals surface area contributed by atoms with E-state index in [1.807, 2.05) is 12.1 Å². The van der Waals surface area contributed by atoms with Crippen LogP contribution >= 0.6 is 0 Å². The molecule has 5 fully saturated rings. The third-order valence-electron chi connectivity index (χ3n) is 9.21. The van der Waals surface area contributed by atoms with Crippen LogP contribution in [-0.4, -0.2) is 66.3 Å². The van der Waals surface area contributed by atoms with Crippen LogP contribution in [0.5, 0.6) is 0 Å². The number of anilines is 2. The number of aromatic nitrogens is 1. The van der Waals surface area contributed by atoms with E-state index in [1.54, 1.807) is 18.2 Å². The Balaban J connectivity index is 1.13. The average molecular weight is 522 g/mol. The number of benzene rings is 1. The summed E-state index contributed by atoms with van der Waals surface area (Å²) >= 11 is 0. The Morgan fingerprint density at radius 2 is 1.84 bits per heavy atom. The number of hydrogen-bond acceptors (Lipinski definition) is 6. The van der Waals surface area contributed by atoms with Crippen molar-refractivity contribution in [3.05, 3.63) is 53.5 Å². The predicted molar refractivity (Wildman–Crippen MR) is 143 cm³/mol. The quantitative estimate of drug-likeness (QED) is 0.560. The van der Waals surface area contributed by atoms with Gasteiger partial charge in [0.1, 0.15) is 17.3 Å². The molecule has 1 aliphatic heterocycles. The molecule has 7 rings (SSSR count). The van der Waals surface area contributed by atoms with Crippen LogP contribution in [0.3, 0.4) is 0 Å². The first-order chi connectivity index (χ1) is 18.2. The summed E-state index contributed by atoms with van der Waals surface area (Å²) in [4.78, 5) is 34.4. The van der Waals surface area contributed by atoms with E-state index >= 15 is 0 Å². The van der Waals surface area contributed by atoms with Crippen LogP contribution in [-0.2, 0) is 0 Å². The smallest absolute Gasteiger partial charge is 0.270 e. The largest absolute Gasteiger partial charge is 0.390 e. The highest BCUT2D eigenvalue weighted by atomic mass is 19.1. The summed E-state index contributed by atoms with van der Waals surface area (Å²) in [5, 5.41) is 16.6. The van der Waals surface area contributed by atoms with Gasteiger partial charge in [-0.25, -0.2) is 9.37 Å². The van der Waals surface area contributed by atoms with Crippen LogP contribution < -0.4 is 20.4 Å². The fourth-order valence-corrected chi connectivity index (χ4v) is 7.70. The van der Waals surface area contributed by atoms with E-state index in [9.17, 15) is 19.1 Å². The molecule has 1 saturated heterocycles. The molecule has 4 bridgehead atoms. The van der Waals surface area contributed by atoms with E-state index in [1.165, 1.54) is 13.1 Å². The predicted octanol–water partition coefficient (Wildman–Crippen LogP) is 2.96. The van der Waals surface area contributed by atoms with Gasteiger partial charge in [-0.2, -0.15) is 0 Å². The van der Waals surface area contributed by atoms with Gasteiger partial charge in [-0.3, -0.25) is 9.59 Å². The Morgan fingerprint density at radius 1 is 1.08 bits per heavy atom. The minimum Gasteiger partial charge on any atom is -0.390 e. The van der Waals surface area contributed by atoms with E-state index in [-0.39, 0.29) is 23.6 Å². The number of pyridine rings is 1. The molecule has 202 valence electrons. The standard InChI is InChI=1S/C29H36FN5O3/c1-17-16-34(21-6-7-23(30)22(12-21)27(36)31-2)8-9-35(17)25-5-3-4-24(32-25)28(37)33-26-19-10-18-11-20(26)15-29(38,13-18)14-19/h3-7,12,17-20,26,38H,8-11,13-16H2,1-2H3,(H,31,36)(H,33,37)/t17-,18?,19?,20?,26?,29?/m1/s1. The van der Waals surface area contributed by atoms with Crippen molar-refractivity contribution in [2.24, 2.45) is 17.8 Å². The highest BCUT2D eigenvalue weighted by molar-refractivity contribution is 5.95. The SMILES string of the molecule is CNC(=O)c1cc(N2CCN(c3cccc(C(=O)NC4C5CC6CC4CC(O)(C6)C5)n3)[C@H](C)C2)ccc1F. The van der Waals surface area contributed by atoms with Gasteiger partial charge in [0.15, 0.2) is 0 Å². The summed E-state index contributed by atoms with van der Waals surface area (Å²) in [7, 11) is 1.49. The van der Waals surface area contributed by atoms with E-state index in [0.29, 0.717) is 43.1 Å². The number of amides is 2. The molecule has 4 aliphatic carbocycles. The molecular formula is C29H36FN5O3. The molecule has 8 nitrogen and oxygen atoms in total. The number of carbonyl (C=O) groups is 2. The second-order valence-corrected chi connectivity index (χ2v) is 11.8. The van der Waals surface area contributed by atoms with Gasteiger partial charge in [0.2, 0.25) is 0 Å². The minimum absolute atomic E-state index is 0.0359. The van der Waals surface area contributed by atoms with E-state index < -0.39 is 17.3 Å². The number of halogens is 1. The lowest BCUT2D eigenvalue weighted by molar-refractivity contribution is -0.136.